The molecule has 1 aromatic rings. The zero-order chi connectivity index (χ0) is 16.9. The lowest BCUT2D eigenvalue weighted by molar-refractivity contribution is -0.131. The Morgan fingerprint density at radius 3 is 2.92 bits per heavy atom. The SMILES string of the molecule is CN1CCO[C@@H](CNCC(=O)N(Cc2ccccc2F)C2CC2)C1. The number of benzene rings is 1. The smallest absolute Gasteiger partial charge is 0.237 e. The molecule has 0 bridgehead atoms. The van der Waals surface area contributed by atoms with Gasteiger partial charge in [0.2, 0.25) is 5.91 Å². The van der Waals surface area contributed by atoms with Crippen molar-refractivity contribution < 1.29 is 13.9 Å². The molecule has 1 atom stereocenters. The maximum absolute atomic E-state index is 13.9. The number of hydrogen-bond acceptors (Lipinski definition) is 4. The van der Waals surface area contributed by atoms with E-state index in [4.69, 9.17) is 4.74 Å². The van der Waals surface area contributed by atoms with Crippen molar-refractivity contribution in [1.82, 2.24) is 15.1 Å². The number of morpholine rings is 1. The molecule has 0 spiro atoms. The minimum atomic E-state index is -0.248. The maximum atomic E-state index is 13.9. The van der Waals surface area contributed by atoms with E-state index in [1.807, 2.05) is 6.07 Å². The molecule has 5 nitrogen and oxygen atoms in total. The number of nitrogens with one attached hydrogen (secondary N) is 1. The van der Waals surface area contributed by atoms with Crippen LogP contribution in [0.5, 0.6) is 0 Å². The lowest BCUT2D eigenvalue weighted by Gasteiger charge is -2.30. The summed E-state index contributed by atoms with van der Waals surface area (Å²) in [5, 5.41) is 3.20. The molecular weight excluding hydrogens is 309 g/mol. The van der Waals surface area contributed by atoms with Gasteiger partial charge in [0.1, 0.15) is 5.82 Å². The van der Waals surface area contributed by atoms with Crippen LogP contribution in [0.1, 0.15) is 18.4 Å². The second-order valence-electron chi connectivity index (χ2n) is 6.73. The molecule has 1 aliphatic heterocycles. The first-order chi connectivity index (χ1) is 11.6. The standard InChI is InChI=1S/C18H26FN3O2/c1-21-8-9-24-16(13-21)10-20-11-18(23)22(15-6-7-15)12-14-4-2-3-5-17(14)19/h2-5,15-16,20H,6-13H2,1H3/t16-/m0/s1. The molecule has 6 heteroatoms. The highest BCUT2D eigenvalue weighted by Crippen LogP contribution is 2.28. The third kappa shape index (κ3) is 4.75. The highest BCUT2D eigenvalue weighted by molar-refractivity contribution is 5.79. The average molecular weight is 335 g/mol. The topological polar surface area (TPSA) is 44.8 Å². The van der Waals surface area contributed by atoms with Gasteiger partial charge in [0.15, 0.2) is 0 Å². The van der Waals surface area contributed by atoms with Gasteiger partial charge in [-0.3, -0.25) is 4.79 Å². The molecule has 24 heavy (non-hydrogen) atoms. The number of hydrogen-bond donors (Lipinski definition) is 1. The summed E-state index contributed by atoms with van der Waals surface area (Å²) in [7, 11) is 2.07. The van der Waals surface area contributed by atoms with Crippen LogP contribution in [0.25, 0.3) is 0 Å². The third-order valence-electron chi connectivity index (χ3n) is 4.60. The summed E-state index contributed by atoms with van der Waals surface area (Å²) in [4.78, 5) is 16.6. The Balaban J connectivity index is 1.49. The Morgan fingerprint density at radius 1 is 1.42 bits per heavy atom. The van der Waals surface area contributed by atoms with E-state index < -0.39 is 0 Å². The predicted octanol–water partition coefficient (Wildman–Crippen LogP) is 1.24. The fraction of sp³-hybridized carbons (Fsp3) is 0.611. The number of likely N-dealkylation sites (N-methyl/N-ethyl adjacent to an activating group) is 1. The molecule has 2 fully saturated rings. The van der Waals surface area contributed by atoms with Crippen LogP contribution in [0.2, 0.25) is 0 Å². The molecule has 3 rings (SSSR count). The summed E-state index contributed by atoms with van der Waals surface area (Å²) in [5.41, 5.74) is 0.579. The van der Waals surface area contributed by atoms with Crippen molar-refractivity contribution in [3.05, 3.63) is 35.6 Å². The number of rotatable bonds is 7. The summed E-state index contributed by atoms with van der Waals surface area (Å²) in [6, 6.07) is 6.93. The molecule has 0 aromatic heterocycles. The van der Waals surface area contributed by atoms with E-state index >= 15 is 0 Å². The first kappa shape index (κ1) is 17.3. The monoisotopic (exact) mass is 335 g/mol. The Bertz CT molecular complexity index is 565. The van der Waals surface area contributed by atoms with Crippen molar-refractivity contribution in [3.63, 3.8) is 0 Å². The van der Waals surface area contributed by atoms with Gasteiger partial charge >= 0.3 is 0 Å². The quantitative estimate of drug-likeness (QED) is 0.814. The second-order valence-corrected chi connectivity index (χ2v) is 6.73. The van der Waals surface area contributed by atoms with E-state index in [1.165, 1.54) is 6.07 Å². The maximum Gasteiger partial charge on any atom is 0.237 e. The van der Waals surface area contributed by atoms with Gasteiger partial charge in [0.05, 0.1) is 19.3 Å². The molecule has 0 unspecified atom stereocenters. The van der Waals surface area contributed by atoms with Crippen molar-refractivity contribution in [2.24, 2.45) is 0 Å². The van der Waals surface area contributed by atoms with Gasteiger partial charge in [-0.05, 0) is 26.0 Å². The van der Waals surface area contributed by atoms with Crippen LogP contribution in [-0.2, 0) is 16.1 Å². The molecule has 0 radical (unpaired) electrons. The van der Waals surface area contributed by atoms with E-state index in [2.05, 4.69) is 17.3 Å². The van der Waals surface area contributed by atoms with E-state index in [9.17, 15) is 9.18 Å². The number of ether oxygens (including phenoxy) is 1. The first-order valence-electron chi connectivity index (χ1n) is 8.67. The van der Waals surface area contributed by atoms with Gasteiger partial charge in [-0.1, -0.05) is 18.2 Å². The fourth-order valence-corrected chi connectivity index (χ4v) is 3.05. The molecule has 1 aliphatic carbocycles. The van der Waals surface area contributed by atoms with Crippen molar-refractivity contribution in [2.45, 2.75) is 31.5 Å². The third-order valence-corrected chi connectivity index (χ3v) is 4.60. The molecule has 2 aliphatic rings. The molecule has 1 N–H and O–H groups in total. The van der Waals surface area contributed by atoms with E-state index in [0.717, 1.165) is 32.5 Å². The second kappa shape index (κ2) is 8.05. The van der Waals surface area contributed by atoms with Crippen molar-refractivity contribution in [1.29, 1.82) is 0 Å². The fourth-order valence-electron chi connectivity index (χ4n) is 3.05. The molecule has 1 saturated heterocycles. The van der Waals surface area contributed by atoms with Crippen molar-refractivity contribution in [2.75, 3.05) is 39.8 Å². The normalized spacial score (nSPS) is 21.7. The van der Waals surface area contributed by atoms with E-state index in [0.29, 0.717) is 18.7 Å². The first-order valence-corrected chi connectivity index (χ1v) is 8.67. The summed E-state index contributed by atoms with van der Waals surface area (Å²) < 4.78 is 19.5. The van der Waals surface area contributed by atoms with Crippen LogP contribution >= 0.6 is 0 Å². The van der Waals surface area contributed by atoms with Crippen LogP contribution in [0.15, 0.2) is 24.3 Å². The lowest BCUT2D eigenvalue weighted by atomic mass is 10.2. The molecule has 1 heterocycles. The molecule has 1 amide bonds. The lowest BCUT2D eigenvalue weighted by Crippen LogP contribution is -2.47. The summed E-state index contributed by atoms with van der Waals surface area (Å²) >= 11 is 0. The van der Waals surface area contributed by atoms with Crippen LogP contribution in [0.3, 0.4) is 0 Å². The minimum Gasteiger partial charge on any atom is -0.374 e. The Morgan fingerprint density at radius 2 is 2.21 bits per heavy atom. The van der Waals surface area contributed by atoms with Gasteiger partial charge in [-0.25, -0.2) is 4.39 Å². The number of halogens is 1. The summed E-state index contributed by atoms with van der Waals surface area (Å²) in [6.07, 6.45) is 2.14. The van der Waals surface area contributed by atoms with E-state index in [-0.39, 0.29) is 30.4 Å². The summed E-state index contributed by atoms with van der Waals surface area (Å²) in [5.74, 6) is -0.215. The largest absolute Gasteiger partial charge is 0.374 e. The van der Waals surface area contributed by atoms with Gasteiger partial charge in [-0.2, -0.15) is 0 Å². The Kier molecular flexibility index (Phi) is 5.81. The Hall–Kier alpha value is -1.50. The van der Waals surface area contributed by atoms with Crippen molar-refractivity contribution in [3.8, 4) is 0 Å². The highest BCUT2D eigenvalue weighted by Gasteiger charge is 2.32. The Labute approximate surface area is 142 Å². The van der Waals surface area contributed by atoms with Crippen molar-refractivity contribution >= 4 is 5.91 Å². The van der Waals surface area contributed by atoms with Crippen LogP contribution < -0.4 is 5.32 Å². The van der Waals surface area contributed by atoms with E-state index in [1.54, 1.807) is 17.0 Å². The number of nitrogens with zero attached hydrogens (tertiary/aromatic N) is 2. The van der Waals surface area contributed by atoms with Gasteiger partial charge in [0, 0.05) is 37.8 Å². The molecule has 1 saturated carbocycles. The molecule has 132 valence electrons. The zero-order valence-corrected chi connectivity index (χ0v) is 14.2. The van der Waals surface area contributed by atoms with Crippen LogP contribution in [-0.4, -0.2) is 67.7 Å². The number of carbonyl (C=O) groups excluding carboxylic acids is 1. The minimum absolute atomic E-state index is 0.0323. The van der Waals surface area contributed by atoms with Crippen LogP contribution in [0, 0.1) is 5.82 Å². The van der Waals surface area contributed by atoms with Gasteiger partial charge in [-0.15, -0.1) is 0 Å². The summed E-state index contributed by atoms with van der Waals surface area (Å²) in [6.45, 7) is 3.85. The highest BCUT2D eigenvalue weighted by atomic mass is 19.1. The van der Waals surface area contributed by atoms with Gasteiger partial charge in [0.25, 0.3) is 0 Å². The number of carbonyl (C=O) groups is 1. The average Bonchev–Trinajstić information content (AvgIpc) is 3.39. The zero-order valence-electron chi connectivity index (χ0n) is 14.2. The molecule has 1 aromatic carbocycles. The van der Waals surface area contributed by atoms with Crippen LogP contribution in [0.4, 0.5) is 4.39 Å². The number of amides is 1. The predicted molar refractivity (Wildman–Crippen MR) is 90.1 cm³/mol. The van der Waals surface area contributed by atoms with Gasteiger partial charge < -0.3 is 19.9 Å². The molecular formula is C18H26FN3O2.